The molecule has 0 saturated carbocycles. The molecule has 2 aliphatic heterocycles. The van der Waals surface area contributed by atoms with E-state index in [0.29, 0.717) is 19.4 Å². The predicted molar refractivity (Wildman–Crippen MR) is 99.5 cm³/mol. The molecule has 0 spiro atoms. The van der Waals surface area contributed by atoms with Crippen LogP contribution in [-0.4, -0.2) is 65.5 Å². The number of aromatic nitrogens is 1. The zero-order valence-electron chi connectivity index (χ0n) is 15.7. The molecule has 1 aromatic rings. The van der Waals surface area contributed by atoms with Gasteiger partial charge in [0.15, 0.2) is 0 Å². The number of anilines is 1. The number of piperidine rings is 1. The lowest BCUT2D eigenvalue weighted by molar-refractivity contribution is -0.154. The summed E-state index contributed by atoms with van der Waals surface area (Å²) in [5.74, 6) is -5.54. The number of aliphatic carboxylic acids is 1. The third-order valence-corrected chi connectivity index (χ3v) is 5.21. The minimum Gasteiger partial charge on any atom is -0.480 e. The highest BCUT2D eigenvalue weighted by atomic mass is 19.3. The van der Waals surface area contributed by atoms with E-state index >= 15 is 0 Å². The van der Waals surface area contributed by atoms with Crippen molar-refractivity contribution in [3.63, 3.8) is 0 Å². The fourth-order valence-corrected chi connectivity index (χ4v) is 3.77. The molecule has 3 heterocycles. The molecule has 1 fully saturated rings. The molecule has 28 heavy (non-hydrogen) atoms. The van der Waals surface area contributed by atoms with Crippen molar-refractivity contribution in [1.29, 1.82) is 0 Å². The van der Waals surface area contributed by atoms with Gasteiger partial charge < -0.3 is 15.7 Å². The number of carboxylic acid groups (broad SMARTS) is 1. The highest BCUT2D eigenvalue weighted by Gasteiger charge is 2.48. The molecule has 1 atom stereocenters. The number of halogens is 2. The average Bonchev–Trinajstić information content (AvgIpc) is 2.63. The van der Waals surface area contributed by atoms with Crippen molar-refractivity contribution in [3.05, 3.63) is 23.4 Å². The quantitative estimate of drug-likeness (QED) is 0.605. The summed E-state index contributed by atoms with van der Waals surface area (Å²) in [5, 5.41) is 14.6. The Morgan fingerprint density at radius 1 is 1.39 bits per heavy atom. The largest absolute Gasteiger partial charge is 0.480 e. The number of hydrogen-bond donors (Lipinski definition) is 3. The van der Waals surface area contributed by atoms with E-state index in [2.05, 4.69) is 21.7 Å². The fraction of sp³-hybridized carbons (Fsp3) is 0.632. The van der Waals surface area contributed by atoms with Gasteiger partial charge in [0.05, 0.1) is 13.1 Å². The maximum Gasteiger partial charge on any atom is 0.317 e. The van der Waals surface area contributed by atoms with Gasteiger partial charge in [-0.25, -0.2) is 13.8 Å². The van der Waals surface area contributed by atoms with Crippen LogP contribution < -0.4 is 10.6 Å². The van der Waals surface area contributed by atoms with Crippen LogP contribution in [0.25, 0.3) is 0 Å². The summed E-state index contributed by atoms with van der Waals surface area (Å²) < 4.78 is 28.5. The van der Waals surface area contributed by atoms with Crippen molar-refractivity contribution in [3.8, 4) is 0 Å². The predicted octanol–water partition coefficient (Wildman–Crippen LogP) is 1.53. The number of pyridine rings is 1. The van der Waals surface area contributed by atoms with E-state index in [1.165, 1.54) is 10.5 Å². The zero-order chi connectivity index (χ0) is 20.1. The van der Waals surface area contributed by atoms with E-state index in [0.717, 1.165) is 30.9 Å². The van der Waals surface area contributed by atoms with Crippen LogP contribution in [0, 0.1) is 5.92 Å². The van der Waals surface area contributed by atoms with Crippen molar-refractivity contribution >= 4 is 17.7 Å². The Morgan fingerprint density at radius 2 is 2.21 bits per heavy atom. The van der Waals surface area contributed by atoms with Gasteiger partial charge in [-0.05, 0) is 50.3 Å². The number of carbonyl (C=O) groups excluding carboxylic acids is 1. The van der Waals surface area contributed by atoms with Gasteiger partial charge in [-0.15, -0.1) is 0 Å². The summed E-state index contributed by atoms with van der Waals surface area (Å²) in [5.41, 5.74) is 2.12. The number of carbonyl (C=O) groups is 2. The highest BCUT2D eigenvalue weighted by Crippen LogP contribution is 2.33. The van der Waals surface area contributed by atoms with Crippen molar-refractivity contribution in [1.82, 2.24) is 15.2 Å². The molecule has 7 nitrogen and oxygen atoms in total. The molecule has 3 N–H and O–H groups in total. The molecule has 1 aromatic heterocycles. The number of aryl methyl sites for hydroxylation is 2. The summed E-state index contributed by atoms with van der Waals surface area (Å²) in [6, 6.07) is 4.04. The minimum absolute atomic E-state index is 0.0514. The van der Waals surface area contributed by atoms with Gasteiger partial charge in [-0.1, -0.05) is 6.07 Å². The number of likely N-dealkylation sites (tertiary alicyclic amines) is 1. The molecule has 3 rings (SSSR count). The van der Waals surface area contributed by atoms with Crippen LogP contribution in [0.5, 0.6) is 0 Å². The van der Waals surface area contributed by atoms with Crippen LogP contribution in [0.15, 0.2) is 12.1 Å². The van der Waals surface area contributed by atoms with Crippen LogP contribution in [0.1, 0.15) is 30.5 Å². The van der Waals surface area contributed by atoms with Crippen LogP contribution >= 0.6 is 0 Å². The molecular weight excluding hydrogens is 370 g/mol. The molecule has 1 amide bonds. The first kappa shape index (κ1) is 20.4. The Labute approximate surface area is 162 Å². The molecule has 9 heteroatoms. The van der Waals surface area contributed by atoms with Crippen LogP contribution in [0.2, 0.25) is 0 Å². The molecule has 2 aliphatic rings. The Kier molecular flexibility index (Phi) is 6.43. The summed E-state index contributed by atoms with van der Waals surface area (Å²) in [6.45, 7) is 0.247. The Bertz CT molecular complexity index is 729. The monoisotopic (exact) mass is 396 g/mol. The van der Waals surface area contributed by atoms with Gasteiger partial charge in [-0.3, -0.25) is 14.5 Å². The molecule has 1 saturated heterocycles. The van der Waals surface area contributed by atoms with E-state index in [-0.39, 0.29) is 13.0 Å². The van der Waals surface area contributed by atoms with Gasteiger partial charge in [-0.2, -0.15) is 0 Å². The molecule has 1 unspecified atom stereocenters. The first-order chi connectivity index (χ1) is 13.3. The fourth-order valence-electron chi connectivity index (χ4n) is 3.77. The first-order valence-corrected chi connectivity index (χ1v) is 9.67. The number of nitrogens with zero attached hydrogens (tertiary/aromatic N) is 2. The Balaban J connectivity index is 1.43. The van der Waals surface area contributed by atoms with Crippen molar-refractivity contribution in [2.45, 2.75) is 38.0 Å². The number of rotatable bonds is 7. The first-order valence-electron chi connectivity index (χ1n) is 9.67. The van der Waals surface area contributed by atoms with Crippen LogP contribution in [0.3, 0.4) is 0 Å². The van der Waals surface area contributed by atoms with Crippen molar-refractivity contribution < 1.29 is 23.5 Å². The summed E-state index contributed by atoms with van der Waals surface area (Å²) in [7, 11) is 0. The maximum atomic E-state index is 14.2. The second-order valence-corrected chi connectivity index (χ2v) is 7.44. The second kappa shape index (κ2) is 8.81. The van der Waals surface area contributed by atoms with Gasteiger partial charge in [0.25, 0.3) is 5.92 Å². The normalized spacial score (nSPS) is 21.4. The van der Waals surface area contributed by atoms with Gasteiger partial charge >= 0.3 is 5.97 Å². The lowest BCUT2D eigenvalue weighted by atomic mass is 9.92. The topological polar surface area (TPSA) is 94.6 Å². The SMILES string of the molecule is O=C(O)CN1CCC(C(=O)NCCCc2ccc3c(n2)NCCC3)C(F)(F)C1. The average molecular weight is 396 g/mol. The number of nitrogens with one attached hydrogen (secondary N) is 2. The molecular formula is C19H26F2N4O3. The van der Waals surface area contributed by atoms with Crippen LogP contribution in [-0.2, 0) is 22.4 Å². The number of fused-ring (bicyclic) bond motifs is 1. The summed E-state index contributed by atoms with van der Waals surface area (Å²) in [6.07, 6.45) is 3.33. The zero-order valence-corrected chi connectivity index (χ0v) is 15.7. The lowest BCUT2D eigenvalue weighted by Crippen LogP contribution is -2.54. The van der Waals surface area contributed by atoms with E-state index in [1.54, 1.807) is 0 Å². The molecule has 0 aliphatic carbocycles. The lowest BCUT2D eigenvalue weighted by Gasteiger charge is -2.36. The van der Waals surface area contributed by atoms with E-state index in [1.807, 2.05) is 6.07 Å². The number of hydrogen-bond acceptors (Lipinski definition) is 5. The molecule has 154 valence electrons. The van der Waals surface area contributed by atoms with Gasteiger partial charge in [0.2, 0.25) is 5.91 Å². The standard InChI is InChI=1S/C19H26F2N4O3/c20-19(21)12-25(11-16(26)27)10-7-15(19)18(28)23-9-2-4-14-6-5-13-3-1-8-22-17(13)24-14/h5-6,15H,1-4,7-12H2,(H,22,24)(H,23,28)(H,26,27). The molecule has 0 aromatic carbocycles. The number of alkyl halides is 2. The second-order valence-electron chi connectivity index (χ2n) is 7.44. The van der Waals surface area contributed by atoms with Crippen LogP contribution in [0.4, 0.5) is 14.6 Å². The number of carboxylic acids is 1. The van der Waals surface area contributed by atoms with Crippen molar-refractivity contribution in [2.24, 2.45) is 5.92 Å². The summed E-state index contributed by atoms with van der Waals surface area (Å²) >= 11 is 0. The number of amides is 1. The smallest absolute Gasteiger partial charge is 0.317 e. The molecule has 0 radical (unpaired) electrons. The highest BCUT2D eigenvalue weighted by molar-refractivity contribution is 5.80. The van der Waals surface area contributed by atoms with E-state index < -0.39 is 36.8 Å². The van der Waals surface area contributed by atoms with Gasteiger partial charge in [0.1, 0.15) is 11.7 Å². The van der Waals surface area contributed by atoms with Crippen molar-refractivity contribution in [2.75, 3.05) is 38.0 Å². The molecule has 0 bridgehead atoms. The minimum atomic E-state index is -3.23. The maximum absolute atomic E-state index is 14.2. The third-order valence-electron chi connectivity index (χ3n) is 5.21. The Morgan fingerprint density at radius 3 is 2.96 bits per heavy atom. The summed E-state index contributed by atoms with van der Waals surface area (Å²) in [4.78, 5) is 28.6. The van der Waals surface area contributed by atoms with Gasteiger partial charge in [0, 0.05) is 18.8 Å². The van der Waals surface area contributed by atoms with E-state index in [9.17, 15) is 18.4 Å². The third kappa shape index (κ3) is 5.15. The Hall–Kier alpha value is -2.29. The van der Waals surface area contributed by atoms with E-state index in [4.69, 9.17) is 5.11 Å².